The van der Waals surface area contributed by atoms with E-state index in [9.17, 15) is 0 Å². The van der Waals surface area contributed by atoms with E-state index in [2.05, 4.69) is 24.2 Å². The number of piperidine rings is 1. The minimum absolute atomic E-state index is 0.696. The van der Waals surface area contributed by atoms with Crippen molar-refractivity contribution in [2.75, 3.05) is 33.9 Å². The molecule has 0 aromatic rings. The zero-order chi connectivity index (χ0) is 9.68. The van der Waals surface area contributed by atoms with Gasteiger partial charge in [0.05, 0.1) is 6.61 Å². The van der Waals surface area contributed by atoms with E-state index in [1.807, 2.05) is 0 Å². The van der Waals surface area contributed by atoms with Crippen LogP contribution in [0, 0.1) is 0 Å². The SMILES string of the molecule is CNC1CCN(CCOC)C(C)C1. The van der Waals surface area contributed by atoms with Crippen molar-refractivity contribution >= 4 is 0 Å². The summed E-state index contributed by atoms with van der Waals surface area (Å²) in [5, 5.41) is 3.35. The van der Waals surface area contributed by atoms with E-state index >= 15 is 0 Å². The molecule has 1 rings (SSSR count). The van der Waals surface area contributed by atoms with Crippen LogP contribution >= 0.6 is 0 Å². The number of hydrogen-bond acceptors (Lipinski definition) is 3. The van der Waals surface area contributed by atoms with Gasteiger partial charge in [0, 0.05) is 25.7 Å². The number of hydrogen-bond donors (Lipinski definition) is 1. The summed E-state index contributed by atoms with van der Waals surface area (Å²) in [5.74, 6) is 0. The molecule has 2 unspecified atom stereocenters. The fourth-order valence-electron chi connectivity index (χ4n) is 2.02. The van der Waals surface area contributed by atoms with Crippen LogP contribution in [-0.4, -0.2) is 50.8 Å². The van der Waals surface area contributed by atoms with E-state index in [-0.39, 0.29) is 0 Å². The lowest BCUT2D eigenvalue weighted by Gasteiger charge is -2.37. The second kappa shape index (κ2) is 5.58. The maximum absolute atomic E-state index is 5.09. The average Bonchev–Trinajstić information content (AvgIpc) is 2.16. The highest BCUT2D eigenvalue weighted by Gasteiger charge is 2.23. The van der Waals surface area contributed by atoms with Gasteiger partial charge in [-0.3, -0.25) is 4.90 Å². The highest BCUT2D eigenvalue weighted by atomic mass is 16.5. The molecule has 0 aliphatic carbocycles. The van der Waals surface area contributed by atoms with Gasteiger partial charge in [0.2, 0.25) is 0 Å². The Morgan fingerprint density at radius 2 is 2.31 bits per heavy atom. The molecule has 2 atom stereocenters. The van der Waals surface area contributed by atoms with Crippen LogP contribution < -0.4 is 5.32 Å². The first kappa shape index (κ1) is 11.0. The Balaban J connectivity index is 2.26. The Hall–Kier alpha value is -0.120. The molecule has 0 bridgehead atoms. The first-order valence-corrected chi connectivity index (χ1v) is 5.18. The molecule has 3 nitrogen and oxygen atoms in total. The number of ether oxygens (including phenoxy) is 1. The lowest BCUT2D eigenvalue weighted by Crippen LogP contribution is -2.47. The molecule has 1 N–H and O–H groups in total. The minimum Gasteiger partial charge on any atom is -0.383 e. The highest BCUT2D eigenvalue weighted by molar-refractivity contribution is 4.81. The van der Waals surface area contributed by atoms with Gasteiger partial charge in [-0.15, -0.1) is 0 Å². The summed E-state index contributed by atoms with van der Waals surface area (Å²) in [6, 6.07) is 1.41. The summed E-state index contributed by atoms with van der Waals surface area (Å²) in [7, 11) is 3.83. The highest BCUT2D eigenvalue weighted by Crippen LogP contribution is 2.16. The second-order valence-electron chi connectivity index (χ2n) is 3.89. The molecule has 0 amide bonds. The van der Waals surface area contributed by atoms with Crippen LogP contribution in [0.15, 0.2) is 0 Å². The van der Waals surface area contributed by atoms with E-state index in [1.165, 1.54) is 19.4 Å². The molecular weight excluding hydrogens is 164 g/mol. The van der Waals surface area contributed by atoms with Crippen LogP contribution in [-0.2, 0) is 4.74 Å². The number of likely N-dealkylation sites (tertiary alicyclic amines) is 1. The van der Waals surface area contributed by atoms with Crippen LogP contribution in [0.3, 0.4) is 0 Å². The van der Waals surface area contributed by atoms with Crippen molar-refractivity contribution in [1.29, 1.82) is 0 Å². The monoisotopic (exact) mass is 186 g/mol. The maximum atomic E-state index is 5.09. The number of methoxy groups -OCH3 is 1. The molecule has 1 heterocycles. The number of nitrogens with one attached hydrogen (secondary N) is 1. The largest absolute Gasteiger partial charge is 0.383 e. The van der Waals surface area contributed by atoms with Gasteiger partial charge >= 0.3 is 0 Å². The summed E-state index contributed by atoms with van der Waals surface area (Å²) in [5.41, 5.74) is 0. The number of rotatable bonds is 4. The minimum atomic E-state index is 0.696. The molecule has 1 aliphatic rings. The summed E-state index contributed by atoms with van der Waals surface area (Å²) < 4.78 is 5.09. The molecule has 1 fully saturated rings. The molecule has 1 aliphatic heterocycles. The molecule has 1 saturated heterocycles. The van der Waals surface area contributed by atoms with E-state index in [1.54, 1.807) is 7.11 Å². The number of nitrogens with zero attached hydrogens (tertiary/aromatic N) is 1. The van der Waals surface area contributed by atoms with Crippen LogP contribution in [0.1, 0.15) is 19.8 Å². The van der Waals surface area contributed by atoms with Gasteiger partial charge < -0.3 is 10.1 Å². The first-order valence-electron chi connectivity index (χ1n) is 5.18. The predicted molar refractivity (Wildman–Crippen MR) is 55.0 cm³/mol. The Kier molecular flexibility index (Phi) is 4.70. The van der Waals surface area contributed by atoms with Crippen LogP contribution in [0.5, 0.6) is 0 Å². The summed E-state index contributed by atoms with van der Waals surface area (Å²) >= 11 is 0. The van der Waals surface area contributed by atoms with E-state index in [0.717, 1.165) is 13.2 Å². The van der Waals surface area contributed by atoms with Crippen LogP contribution in [0.2, 0.25) is 0 Å². The predicted octanol–water partition coefficient (Wildman–Crippen LogP) is 0.705. The molecule has 0 aromatic heterocycles. The summed E-state index contributed by atoms with van der Waals surface area (Å²) in [6.07, 6.45) is 2.53. The van der Waals surface area contributed by atoms with Gasteiger partial charge in [0.15, 0.2) is 0 Å². The van der Waals surface area contributed by atoms with Gasteiger partial charge in [0.25, 0.3) is 0 Å². The van der Waals surface area contributed by atoms with Gasteiger partial charge in [-0.05, 0) is 33.4 Å². The van der Waals surface area contributed by atoms with Crippen molar-refractivity contribution < 1.29 is 4.74 Å². The second-order valence-corrected chi connectivity index (χ2v) is 3.89. The Bertz CT molecular complexity index is 141. The molecule has 0 saturated carbocycles. The van der Waals surface area contributed by atoms with Gasteiger partial charge in [-0.1, -0.05) is 0 Å². The van der Waals surface area contributed by atoms with Crippen molar-refractivity contribution in [3.63, 3.8) is 0 Å². The van der Waals surface area contributed by atoms with E-state index < -0.39 is 0 Å². The smallest absolute Gasteiger partial charge is 0.0589 e. The molecule has 0 spiro atoms. The quantitative estimate of drug-likeness (QED) is 0.699. The molecule has 13 heavy (non-hydrogen) atoms. The Labute approximate surface area is 81.4 Å². The average molecular weight is 186 g/mol. The van der Waals surface area contributed by atoms with Crippen LogP contribution in [0.25, 0.3) is 0 Å². The van der Waals surface area contributed by atoms with E-state index in [0.29, 0.717) is 12.1 Å². The van der Waals surface area contributed by atoms with Gasteiger partial charge in [-0.2, -0.15) is 0 Å². The lowest BCUT2D eigenvalue weighted by atomic mass is 9.99. The summed E-state index contributed by atoms with van der Waals surface area (Å²) in [4.78, 5) is 2.51. The molecular formula is C10H22N2O. The third-order valence-electron chi connectivity index (χ3n) is 3.00. The lowest BCUT2D eigenvalue weighted by molar-refractivity contribution is 0.0925. The Morgan fingerprint density at radius 1 is 1.54 bits per heavy atom. The fraction of sp³-hybridized carbons (Fsp3) is 1.00. The van der Waals surface area contributed by atoms with Gasteiger partial charge in [0.1, 0.15) is 0 Å². The van der Waals surface area contributed by atoms with Crippen molar-refractivity contribution in [2.45, 2.75) is 31.8 Å². The fourth-order valence-corrected chi connectivity index (χ4v) is 2.02. The maximum Gasteiger partial charge on any atom is 0.0589 e. The Morgan fingerprint density at radius 3 is 2.85 bits per heavy atom. The topological polar surface area (TPSA) is 24.5 Å². The zero-order valence-corrected chi connectivity index (χ0v) is 9.05. The normalized spacial score (nSPS) is 30.7. The zero-order valence-electron chi connectivity index (χ0n) is 9.05. The van der Waals surface area contributed by atoms with Crippen molar-refractivity contribution in [1.82, 2.24) is 10.2 Å². The van der Waals surface area contributed by atoms with Crippen molar-refractivity contribution in [3.8, 4) is 0 Å². The molecule has 3 heteroatoms. The summed E-state index contributed by atoms with van der Waals surface area (Å²) in [6.45, 7) is 5.44. The third-order valence-corrected chi connectivity index (χ3v) is 3.00. The molecule has 78 valence electrons. The first-order chi connectivity index (χ1) is 6.27. The van der Waals surface area contributed by atoms with E-state index in [4.69, 9.17) is 4.74 Å². The van der Waals surface area contributed by atoms with Gasteiger partial charge in [-0.25, -0.2) is 0 Å². The van der Waals surface area contributed by atoms with Crippen LogP contribution in [0.4, 0.5) is 0 Å². The van der Waals surface area contributed by atoms with Crippen molar-refractivity contribution in [3.05, 3.63) is 0 Å². The molecule has 0 aromatic carbocycles. The van der Waals surface area contributed by atoms with Crippen molar-refractivity contribution in [2.24, 2.45) is 0 Å². The molecule has 0 radical (unpaired) electrons. The third kappa shape index (κ3) is 3.25. The standard InChI is InChI=1S/C10H22N2O/c1-9-8-10(11-2)4-5-12(9)6-7-13-3/h9-11H,4-8H2,1-3H3.